The lowest BCUT2D eigenvalue weighted by Crippen LogP contribution is -2.51. The molecular formula is C13H20O6. The van der Waals surface area contributed by atoms with Crippen LogP contribution in [0.3, 0.4) is 0 Å². The molecule has 1 aliphatic heterocycles. The van der Waals surface area contributed by atoms with Gasteiger partial charge in [-0.2, -0.15) is 0 Å². The average Bonchev–Trinajstić information content (AvgIpc) is 2.44. The second-order valence-electron chi connectivity index (χ2n) is 4.79. The molecule has 0 amide bonds. The van der Waals surface area contributed by atoms with Crippen LogP contribution in [0.2, 0.25) is 0 Å². The highest BCUT2D eigenvalue weighted by Crippen LogP contribution is 2.26. The van der Waals surface area contributed by atoms with E-state index in [1.54, 1.807) is 6.08 Å². The zero-order valence-electron chi connectivity index (χ0n) is 10.6. The molecule has 1 saturated heterocycles. The van der Waals surface area contributed by atoms with Gasteiger partial charge in [0.1, 0.15) is 6.10 Å². The van der Waals surface area contributed by atoms with Crippen LogP contribution in [-0.4, -0.2) is 64.3 Å². The van der Waals surface area contributed by atoms with E-state index in [9.17, 15) is 15.3 Å². The van der Waals surface area contributed by atoms with E-state index in [2.05, 4.69) is 0 Å². The Balaban J connectivity index is 2.00. The third-order valence-electron chi connectivity index (χ3n) is 3.40. The number of aliphatic hydroxyl groups is 4. The Morgan fingerprint density at radius 1 is 1.32 bits per heavy atom. The van der Waals surface area contributed by atoms with E-state index in [4.69, 9.17) is 14.6 Å². The van der Waals surface area contributed by atoms with Gasteiger partial charge in [0.05, 0.1) is 31.5 Å². The lowest BCUT2D eigenvalue weighted by molar-refractivity contribution is -0.280. The maximum Gasteiger partial charge on any atom is 0.187 e. The maximum atomic E-state index is 9.86. The fourth-order valence-corrected chi connectivity index (χ4v) is 2.26. The zero-order valence-corrected chi connectivity index (χ0v) is 10.6. The Hall–Kier alpha value is -0.760. The van der Waals surface area contributed by atoms with E-state index in [1.807, 2.05) is 12.2 Å². The van der Waals surface area contributed by atoms with Gasteiger partial charge in [-0.3, -0.25) is 0 Å². The van der Waals surface area contributed by atoms with Crippen LogP contribution in [0.1, 0.15) is 12.8 Å². The molecule has 6 nitrogen and oxygen atoms in total. The highest BCUT2D eigenvalue weighted by molar-refractivity contribution is 5.22. The van der Waals surface area contributed by atoms with Crippen molar-refractivity contribution in [1.82, 2.24) is 0 Å². The number of ether oxygens (including phenoxy) is 2. The summed E-state index contributed by atoms with van der Waals surface area (Å²) in [6.45, 7) is -0.374. The Bertz CT molecular complexity index is 353. The molecular weight excluding hydrogens is 252 g/mol. The molecule has 19 heavy (non-hydrogen) atoms. The first-order chi connectivity index (χ1) is 9.15. The molecule has 6 heteroatoms. The van der Waals surface area contributed by atoms with Crippen LogP contribution < -0.4 is 0 Å². The SMILES string of the molecule is OCC1=CC=CCC1O[C@@H]1O[C@H](CO)C[C@H](O)C1O. The summed E-state index contributed by atoms with van der Waals surface area (Å²) in [6.07, 6.45) is 2.11. The molecule has 0 radical (unpaired) electrons. The molecule has 2 aliphatic rings. The minimum Gasteiger partial charge on any atom is -0.394 e. The van der Waals surface area contributed by atoms with E-state index >= 15 is 0 Å². The van der Waals surface area contributed by atoms with Crippen LogP contribution in [0.5, 0.6) is 0 Å². The summed E-state index contributed by atoms with van der Waals surface area (Å²) in [5, 5.41) is 37.9. The number of hydrogen-bond acceptors (Lipinski definition) is 6. The number of allylic oxidation sites excluding steroid dienone is 2. The Morgan fingerprint density at radius 3 is 2.79 bits per heavy atom. The maximum absolute atomic E-state index is 9.86. The Kier molecular flexibility index (Phi) is 5.09. The van der Waals surface area contributed by atoms with E-state index in [1.165, 1.54) is 0 Å². The van der Waals surface area contributed by atoms with Crippen LogP contribution in [0.4, 0.5) is 0 Å². The van der Waals surface area contributed by atoms with Crippen molar-refractivity contribution in [1.29, 1.82) is 0 Å². The lowest BCUT2D eigenvalue weighted by Gasteiger charge is -2.38. The van der Waals surface area contributed by atoms with E-state index in [0.29, 0.717) is 12.0 Å². The summed E-state index contributed by atoms with van der Waals surface area (Å²) in [6, 6.07) is 0. The van der Waals surface area contributed by atoms with Crippen LogP contribution in [0.15, 0.2) is 23.8 Å². The fourth-order valence-electron chi connectivity index (χ4n) is 2.26. The van der Waals surface area contributed by atoms with Gasteiger partial charge in [-0.15, -0.1) is 0 Å². The number of rotatable bonds is 4. The van der Waals surface area contributed by atoms with Crippen molar-refractivity contribution in [3.63, 3.8) is 0 Å². The van der Waals surface area contributed by atoms with Crippen molar-refractivity contribution >= 4 is 0 Å². The van der Waals surface area contributed by atoms with Crippen molar-refractivity contribution in [2.45, 2.75) is 43.5 Å². The smallest absolute Gasteiger partial charge is 0.187 e. The molecule has 0 aromatic heterocycles. The van der Waals surface area contributed by atoms with Gasteiger partial charge in [-0.05, 0) is 12.0 Å². The van der Waals surface area contributed by atoms with Gasteiger partial charge in [-0.1, -0.05) is 18.2 Å². The fraction of sp³-hybridized carbons (Fsp3) is 0.692. The first kappa shape index (κ1) is 14.6. The zero-order chi connectivity index (χ0) is 13.8. The predicted octanol–water partition coefficient (Wildman–Crippen LogP) is -0.921. The Morgan fingerprint density at radius 2 is 2.11 bits per heavy atom. The molecule has 0 spiro atoms. The third-order valence-corrected chi connectivity index (χ3v) is 3.40. The molecule has 1 fully saturated rings. The lowest BCUT2D eigenvalue weighted by atomic mass is 10.0. The van der Waals surface area contributed by atoms with Gasteiger partial charge in [0, 0.05) is 6.42 Å². The van der Waals surface area contributed by atoms with Crippen molar-refractivity contribution in [3.8, 4) is 0 Å². The van der Waals surface area contributed by atoms with Crippen molar-refractivity contribution in [2.24, 2.45) is 0 Å². The molecule has 0 aromatic rings. The van der Waals surface area contributed by atoms with E-state index in [0.717, 1.165) is 0 Å². The second kappa shape index (κ2) is 6.60. The molecule has 0 saturated carbocycles. The first-order valence-electron chi connectivity index (χ1n) is 6.40. The summed E-state index contributed by atoms with van der Waals surface area (Å²) in [5.41, 5.74) is 0.693. The van der Waals surface area contributed by atoms with Crippen LogP contribution >= 0.6 is 0 Å². The van der Waals surface area contributed by atoms with Gasteiger partial charge in [0.15, 0.2) is 6.29 Å². The quantitative estimate of drug-likeness (QED) is 0.528. The second-order valence-corrected chi connectivity index (χ2v) is 4.79. The minimum absolute atomic E-state index is 0.135. The van der Waals surface area contributed by atoms with Crippen molar-refractivity contribution in [3.05, 3.63) is 23.8 Å². The first-order valence-corrected chi connectivity index (χ1v) is 6.40. The topological polar surface area (TPSA) is 99.4 Å². The van der Waals surface area contributed by atoms with Gasteiger partial charge in [0.2, 0.25) is 0 Å². The molecule has 2 rings (SSSR count). The molecule has 1 heterocycles. The van der Waals surface area contributed by atoms with Gasteiger partial charge < -0.3 is 29.9 Å². The van der Waals surface area contributed by atoms with Gasteiger partial charge >= 0.3 is 0 Å². The number of aliphatic hydroxyl groups excluding tert-OH is 4. The van der Waals surface area contributed by atoms with Crippen LogP contribution in [0.25, 0.3) is 0 Å². The predicted molar refractivity (Wildman–Crippen MR) is 66.2 cm³/mol. The molecule has 0 bridgehead atoms. The summed E-state index contributed by atoms with van der Waals surface area (Å²) in [5.74, 6) is 0. The van der Waals surface area contributed by atoms with Gasteiger partial charge in [-0.25, -0.2) is 0 Å². The summed E-state index contributed by atoms with van der Waals surface area (Å²) < 4.78 is 11.0. The van der Waals surface area contributed by atoms with E-state index in [-0.39, 0.29) is 25.7 Å². The van der Waals surface area contributed by atoms with Gasteiger partial charge in [0.25, 0.3) is 0 Å². The molecule has 2 unspecified atom stereocenters. The highest BCUT2D eigenvalue weighted by Gasteiger charge is 2.38. The van der Waals surface area contributed by atoms with E-state index < -0.39 is 24.6 Å². The molecule has 4 N–H and O–H groups in total. The third kappa shape index (κ3) is 3.42. The largest absolute Gasteiger partial charge is 0.394 e. The summed E-state index contributed by atoms with van der Waals surface area (Å²) in [4.78, 5) is 0. The monoisotopic (exact) mass is 272 g/mol. The molecule has 0 aromatic carbocycles. The number of hydrogen-bond donors (Lipinski definition) is 4. The molecule has 1 aliphatic carbocycles. The highest BCUT2D eigenvalue weighted by atomic mass is 16.7. The molecule has 108 valence electrons. The standard InChI is InChI=1S/C13H20O6/c14-6-8-3-1-2-4-11(8)19-13-12(17)10(16)5-9(7-15)18-13/h1-3,9-17H,4-7H2/t9-,10-,11?,12?,13-/m0/s1. The minimum atomic E-state index is -1.16. The van der Waals surface area contributed by atoms with Crippen LogP contribution in [-0.2, 0) is 9.47 Å². The van der Waals surface area contributed by atoms with Crippen molar-refractivity contribution < 1.29 is 29.9 Å². The average molecular weight is 272 g/mol. The normalized spacial score (nSPS) is 39.2. The summed E-state index contributed by atoms with van der Waals surface area (Å²) >= 11 is 0. The van der Waals surface area contributed by atoms with Crippen molar-refractivity contribution in [2.75, 3.05) is 13.2 Å². The van der Waals surface area contributed by atoms with Crippen LogP contribution in [0, 0.1) is 0 Å². The Labute approximate surface area is 111 Å². The summed E-state index contributed by atoms with van der Waals surface area (Å²) in [7, 11) is 0. The molecule has 5 atom stereocenters.